The maximum atomic E-state index is 12.9. The molecule has 2 N–H and O–H groups in total. The first kappa shape index (κ1) is 22.4. The van der Waals surface area contributed by atoms with Gasteiger partial charge >= 0.3 is 5.97 Å². The molecular weight excluding hydrogens is 420 g/mol. The minimum absolute atomic E-state index is 0.0262. The van der Waals surface area contributed by atoms with Gasteiger partial charge in [-0.3, -0.25) is 9.59 Å². The number of para-hydroxylation sites is 1. The Morgan fingerprint density at radius 1 is 1.09 bits per heavy atom. The average Bonchev–Trinajstić information content (AvgIpc) is 3.17. The smallest absolute Gasteiger partial charge is 0.328 e. The van der Waals surface area contributed by atoms with Gasteiger partial charge in [-0.15, -0.1) is 0 Å². The number of esters is 1. The normalized spacial score (nSPS) is 15.9. The van der Waals surface area contributed by atoms with Gasteiger partial charge in [0, 0.05) is 17.4 Å². The Hall–Kier alpha value is -3.81. The van der Waals surface area contributed by atoms with E-state index >= 15 is 0 Å². The zero-order valence-electron chi connectivity index (χ0n) is 18.8. The first-order chi connectivity index (χ1) is 15.9. The molecule has 1 amide bonds. The summed E-state index contributed by atoms with van der Waals surface area (Å²) in [6.45, 7) is 3.93. The minimum Gasteiger partial charge on any atom is -0.467 e. The number of nitrogens with zero attached hydrogens (tertiary/aromatic N) is 2. The van der Waals surface area contributed by atoms with Crippen molar-refractivity contribution in [3.05, 3.63) is 65.5 Å². The molecule has 170 valence electrons. The summed E-state index contributed by atoms with van der Waals surface area (Å²) in [6, 6.07) is 14.1. The van der Waals surface area contributed by atoms with Crippen LogP contribution in [0.4, 0.5) is 5.82 Å². The molecule has 0 aliphatic heterocycles. The third-order valence-electron chi connectivity index (χ3n) is 5.83. The zero-order chi connectivity index (χ0) is 23.5. The van der Waals surface area contributed by atoms with Crippen molar-refractivity contribution in [1.82, 2.24) is 15.3 Å². The second-order valence-electron chi connectivity index (χ2n) is 8.38. The highest BCUT2D eigenvalue weighted by Gasteiger charge is 2.33. The summed E-state index contributed by atoms with van der Waals surface area (Å²) in [4.78, 5) is 46.5. The average molecular weight is 447 g/mol. The fraction of sp³-hybridized carbons (Fsp3) is 0.320. The standard InChI is InChI=1S/C25H26N4O4/c1-14(2)22(25(32)33-3)29-23-17-10-6-7-11-19(17)27-21(28-23)13-26-24(31)18-12-20(30)16-9-5-4-8-15(16)18/h4-11,14,18,22H,12-13H2,1-3H3,(H,26,31)(H,27,28,29). The molecule has 1 aromatic heterocycles. The molecule has 0 bridgehead atoms. The number of carbonyl (C=O) groups is 3. The number of ketones is 1. The van der Waals surface area contributed by atoms with Crippen molar-refractivity contribution in [3.8, 4) is 0 Å². The Bertz CT molecular complexity index is 1220. The van der Waals surface area contributed by atoms with Gasteiger partial charge in [0.15, 0.2) is 11.6 Å². The number of amides is 1. The van der Waals surface area contributed by atoms with Crippen LogP contribution in [0.25, 0.3) is 10.9 Å². The SMILES string of the molecule is COC(=O)C(Nc1nc(CNC(=O)C2CC(=O)c3ccccc32)nc2ccccc12)C(C)C. The number of rotatable bonds is 7. The Morgan fingerprint density at radius 2 is 1.82 bits per heavy atom. The third kappa shape index (κ3) is 4.55. The highest BCUT2D eigenvalue weighted by molar-refractivity contribution is 6.06. The molecule has 0 saturated heterocycles. The van der Waals surface area contributed by atoms with Crippen LogP contribution in [0.2, 0.25) is 0 Å². The van der Waals surface area contributed by atoms with Crippen molar-refractivity contribution in [2.45, 2.75) is 38.8 Å². The van der Waals surface area contributed by atoms with Crippen LogP contribution >= 0.6 is 0 Å². The van der Waals surface area contributed by atoms with Crippen LogP contribution < -0.4 is 10.6 Å². The summed E-state index contributed by atoms with van der Waals surface area (Å²) < 4.78 is 4.93. The number of carbonyl (C=O) groups excluding carboxylic acids is 3. The number of Topliss-reactive ketones (excluding diaryl/α,β-unsaturated/α-hetero) is 1. The Kier molecular flexibility index (Phi) is 6.35. The molecule has 4 rings (SSSR count). The molecule has 33 heavy (non-hydrogen) atoms. The number of hydrogen-bond donors (Lipinski definition) is 2. The molecule has 8 nitrogen and oxygen atoms in total. The summed E-state index contributed by atoms with van der Waals surface area (Å²) in [7, 11) is 1.35. The van der Waals surface area contributed by atoms with E-state index in [9.17, 15) is 14.4 Å². The van der Waals surface area contributed by atoms with Gasteiger partial charge < -0.3 is 15.4 Å². The van der Waals surface area contributed by atoms with Gasteiger partial charge in [-0.25, -0.2) is 14.8 Å². The summed E-state index contributed by atoms with van der Waals surface area (Å²) in [5.74, 6) is -0.307. The molecule has 1 aliphatic rings. The van der Waals surface area contributed by atoms with Gasteiger partial charge in [0.25, 0.3) is 0 Å². The molecule has 1 aliphatic carbocycles. The predicted octanol–water partition coefficient (Wildman–Crippen LogP) is 3.23. The van der Waals surface area contributed by atoms with E-state index < -0.39 is 12.0 Å². The molecule has 8 heteroatoms. The number of aromatic nitrogens is 2. The first-order valence-corrected chi connectivity index (χ1v) is 10.9. The molecule has 2 atom stereocenters. The number of fused-ring (bicyclic) bond motifs is 2. The van der Waals surface area contributed by atoms with E-state index in [1.807, 2.05) is 50.2 Å². The lowest BCUT2D eigenvalue weighted by molar-refractivity contribution is -0.142. The molecule has 0 spiro atoms. The lowest BCUT2D eigenvalue weighted by Gasteiger charge is -2.21. The monoisotopic (exact) mass is 446 g/mol. The number of benzene rings is 2. The zero-order valence-corrected chi connectivity index (χ0v) is 18.8. The maximum Gasteiger partial charge on any atom is 0.328 e. The highest BCUT2D eigenvalue weighted by Crippen LogP contribution is 2.33. The highest BCUT2D eigenvalue weighted by atomic mass is 16.5. The van der Waals surface area contributed by atoms with Gasteiger partial charge in [-0.05, 0) is 23.6 Å². The maximum absolute atomic E-state index is 12.9. The van der Waals surface area contributed by atoms with Crippen molar-refractivity contribution in [1.29, 1.82) is 0 Å². The summed E-state index contributed by atoms with van der Waals surface area (Å²) in [5.41, 5.74) is 2.04. The third-order valence-corrected chi connectivity index (χ3v) is 5.83. The van der Waals surface area contributed by atoms with Crippen molar-refractivity contribution < 1.29 is 19.1 Å². The van der Waals surface area contributed by atoms with Crippen LogP contribution in [0.1, 0.15) is 47.9 Å². The van der Waals surface area contributed by atoms with E-state index in [1.165, 1.54) is 7.11 Å². The number of ether oxygens (including phenoxy) is 1. The fourth-order valence-corrected chi connectivity index (χ4v) is 4.07. The van der Waals surface area contributed by atoms with Crippen LogP contribution in [0, 0.1) is 5.92 Å². The molecule has 0 radical (unpaired) electrons. The van der Waals surface area contributed by atoms with Crippen LogP contribution in [0.5, 0.6) is 0 Å². The first-order valence-electron chi connectivity index (χ1n) is 10.9. The number of methoxy groups -OCH3 is 1. The van der Waals surface area contributed by atoms with E-state index in [0.717, 1.165) is 10.9 Å². The van der Waals surface area contributed by atoms with Crippen molar-refractivity contribution >= 4 is 34.4 Å². The molecule has 3 aromatic rings. The quantitative estimate of drug-likeness (QED) is 0.536. The fourth-order valence-electron chi connectivity index (χ4n) is 4.07. The minimum atomic E-state index is -0.586. The van der Waals surface area contributed by atoms with Crippen LogP contribution in [-0.2, 0) is 20.9 Å². The molecular formula is C25H26N4O4. The van der Waals surface area contributed by atoms with Gasteiger partial charge in [0.2, 0.25) is 5.91 Å². The van der Waals surface area contributed by atoms with E-state index in [0.29, 0.717) is 22.7 Å². The second kappa shape index (κ2) is 9.36. The lowest BCUT2D eigenvalue weighted by Crippen LogP contribution is -2.36. The van der Waals surface area contributed by atoms with Gasteiger partial charge in [0.05, 0.1) is 25.1 Å². The second-order valence-corrected chi connectivity index (χ2v) is 8.38. The molecule has 2 unspecified atom stereocenters. The Balaban J connectivity index is 1.57. The van der Waals surface area contributed by atoms with E-state index in [-0.39, 0.29) is 36.5 Å². The molecule has 0 saturated carbocycles. The Morgan fingerprint density at radius 3 is 2.58 bits per heavy atom. The molecule has 1 heterocycles. The van der Waals surface area contributed by atoms with Gasteiger partial charge in [0.1, 0.15) is 11.9 Å². The van der Waals surface area contributed by atoms with Crippen molar-refractivity contribution in [2.24, 2.45) is 5.92 Å². The topological polar surface area (TPSA) is 110 Å². The Labute approximate surface area is 191 Å². The van der Waals surface area contributed by atoms with E-state index in [4.69, 9.17) is 4.74 Å². The number of nitrogens with one attached hydrogen (secondary N) is 2. The number of hydrogen-bond acceptors (Lipinski definition) is 7. The lowest BCUT2D eigenvalue weighted by atomic mass is 10.0. The van der Waals surface area contributed by atoms with Crippen molar-refractivity contribution in [2.75, 3.05) is 12.4 Å². The van der Waals surface area contributed by atoms with Crippen molar-refractivity contribution in [3.63, 3.8) is 0 Å². The van der Waals surface area contributed by atoms with Crippen LogP contribution in [0.15, 0.2) is 48.5 Å². The van der Waals surface area contributed by atoms with Crippen LogP contribution in [-0.4, -0.2) is 40.8 Å². The van der Waals surface area contributed by atoms with E-state index in [1.54, 1.807) is 12.1 Å². The summed E-state index contributed by atoms with van der Waals surface area (Å²) >= 11 is 0. The van der Waals surface area contributed by atoms with E-state index in [2.05, 4.69) is 20.6 Å². The van der Waals surface area contributed by atoms with Crippen LogP contribution in [0.3, 0.4) is 0 Å². The van der Waals surface area contributed by atoms with Gasteiger partial charge in [-0.2, -0.15) is 0 Å². The summed E-state index contributed by atoms with van der Waals surface area (Å²) in [5, 5.41) is 6.82. The predicted molar refractivity (Wildman–Crippen MR) is 124 cm³/mol. The molecule has 0 fully saturated rings. The summed E-state index contributed by atoms with van der Waals surface area (Å²) in [6.07, 6.45) is 0.158. The largest absolute Gasteiger partial charge is 0.467 e. The van der Waals surface area contributed by atoms with Gasteiger partial charge in [-0.1, -0.05) is 50.2 Å². The number of anilines is 1. The molecule has 2 aromatic carbocycles.